The molecule has 2 aromatic carbocycles. The van der Waals surface area contributed by atoms with Crippen LogP contribution in [-0.2, 0) is 6.54 Å². The maximum atomic E-state index is 12.5. The van der Waals surface area contributed by atoms with Crippen LogP contribution < -0.4 is 21.9 Å². The largest absolute Gasteiger partial charge is 0.490 e. The van der Waals surface area contributed by atoms with Gasteiger partial charge in [-0.3, -0.25) is 15.4 Å². The number of piperidine rings is 1. The van der Waals surface area contributed by atoms with Crippen molar-refractivity contribution in [2.75, 3.05) is 13.1 Å². The molecule has 0 saturated carbocycles. The van der Waals surface area contributed by atoms with Crippen LogP contribution in [0.4, 0.5) is 0 Å². The van der Waals surface area contributed by atoms with E-state index in [1.807, 2.05) is 35.2 Å². The van der Waals surface area contributed by atoms with E-state index in [-0.39, 0.29) is 23.6 Å². The zero-order valence-electron chi connectivity index (χ0n) is 16.5. The number of likely N-dealkylation sites (tertiary alicyclic amines) is 1. The van der Waals surface area contributed by atoms with Crippen molar-refractivity contribution in [3.63, 3.8) is 0 Å². The fourth-order valence-corrected chi connectivity index (χ4v) is 3.74. The number of H-pyrrole nitrogens is 1. The minimum atomic E-state index is -0.187. The first-order valence-electron chi connectivity index (χ1n) is 9.82. The Balaban J connectivity index is 1.53. The minimum Gasteiger partial charge on any atom is -0.490 e. The average Bonchev–Trinajstić information content (AvgIpc) is 3.03. The second kappa shape index (κ2) is 7.94. The molecular formula is C21H25N7O2. The molecule has 7 N–H and O–H groups in total. The number of guanidine groups is 1. The summed E-state index contributed by atoms with van der Waals surface area (Å²) in [6, 6.07) is 12.9. The van der Waals surface area contributed by atoms with Crippen LogP contribution >= 0.6 is 0 Å². The number of benzene rings is 2. The van der Waals surface area contributed by atoms with Crippen LogP contribution in [0, 0.1) is 10.8 Å². The number of nitrogens with two attached hydrogens (primary N) is 2. The van der Waals surface area contributed by atoms with E-state index in [4.69, 9.17) is 27.0 Å². The van der Waals surface area contributed by atoms with E-state index < -0.39 is 0 Å². The highest BCUT2D eigenvalue weighted by atomic mass is 16.5. The number of imidazole rings is 1. The summed E-state index contributed by atoms with van der Waals surface area (Å²) in [6.07, 6.45) is 1.64. The molecule has 0 spiro atoms. The van der Waals surface area contributed by atoms with Gasteiger partial charge >= 0.3 is 5.69 Å². The van der Waals surface area contributed by atoms with E-state index in [9.17, 15) is 4.79 Å². The summed E-state index contributed by atoms with van der Waals surface area (Å²) < 4.78 is 7.81. The van der Waals surface area contributed by atoms with Crippen molar-refractivity contribution in [3.8, 4) is 5.75 Å². The maximum absolute atomic E-state index is 12.5. The third kappa shape index (κ3) is 4.00. The Bertz CT molecular complexity index is 1140. The molecule has 1 aliphatic heterocycles. The molecule has 0 amide bonds. The number of amidine groups is 1. The topological polar surface area (TPSA) is 150 Å². The number of fused-ring (bicyclic) bond motifs is 1. The molecule has 1 aliphatic rings. The fourth-order valence-electron chi connectivity index (χ4n) is 3.74. The van der Waals surface area contributed by atoms with Gasteiger partial charge in [0.1, 0.15) is 17.7 Å². The SMILES string of the molecule is N=C(N)c1ccc(Cn2c(=O)[nH]c3ccc(OC4CCN(C(=N)N)CC4)cc32)cc1. The average molecular weight is 407 g/mol. The van der Waals surface area contributed by atoms with Crippen molar-refractivity contribution in [1.29, 1.82) is 10.8 Å². The number of nitrogens with one attached hydrogen (secondary N) is 3. The van der Waals surface area contributed by atoms with Crippen molar-refractivity contribution >= 4 is 22.8 Å². The Morgan fingerprint density at radius 3 is 2.43 bits per heavy atom. The Kier molecular flexibility index (Phi) is 5.18. The minimum absolute atomic E-state index is 0.0155. The number of aromatic nitrogens is 2. The Labute approximate surface area is 173 Å². The first-order valence-corrected chi connectivity index (χ1v) is 9.82. The summed E-state index contributed by atoms with van der Waals surface area (Å²) in [7, 11) is 0. The fraction of sp³-hybridized carbons (Fsp3) is 0.286. The first kappa shape index (κ1) is 19.6. The standard InChI is InChI=1S/C21H25N7O2/c22-19(23)14-3-1-13(2-4-14)12-28-18-11-16(5-6-17(18)26-21(28)29)30-15-7-9-27(10-8-15)20(24)25/h1-6,11,15H,7-10,12H2,(H3,22,23)(H3,24,25)(H,26,29). The van der Waals surface area contributed by atoms with Gasteiger partial charge in [0.2, 0.25) is 0 Å². The van der Waals surface area contributed by atoms with Gasteiger partial charge in [0.25, 0.3) is 0 Å². The van der Waals surface area contributed by atoms with Crippen molar-refractivity contribution in [2.45, 2.75) is 25.5 Å². The highest BCUT2D eigenvalue weighted by Gasteiger charge is 2.21. The van der Waals surface area contributed by atoms with Crippen LogP contribution in [0.3, 0.4) is 0 Å². The van der Waals surface area contributed by atoms with Crippen molar-refractivity contribution in [2.24, 2.45) is 11.5 Å². The quantitative estimate of drug-likeness (QED) is 0.320. The van der Waals surface area contributed by atoms with Gasteiger partial charge in [0.05, 0.1) is 17.6 Å². The molecule has 9 nitrogen and oxygen atoms in total. The zero-order valence-corrected chi connectivity index (χ0v) is 16.5. The highest BCUT2D eigenvalue weighted by molar-refractivity contribution is 5.94. The third-order valence-corrected chi connectivity index (χ3v) is 5.44. The lowest BCUT2D eigenvalue weighted by atomic mass is 10.1. The molecule has 0 atom stereocenters. The van der Waals surface area contributed by atoms with Crippen LogP contribution in [0.1, 0.15) is 24.0 Å². The van der Waals surface area contributed by atoms with Gasteiger partial charge in [-0.25, -0.2) is 4.79 Å². The molecule has 0 radical (unpaired) electrons. The second-order valence-corrected chi connectivity index (χ2v) is 7.50. The predicted octanol–water partition coefficient (Wildman–Crippen LogP) is 1.40. The molecule has 9 heteroatoms. The highest BCUT2D eigenvalue weighted by Crippen LogP contribution is 2.23. The molecule has 1 aromatic heterocycles. The van der Waals surface area contributed by atoms with Gasteiger partial charge in [0.15, 0.2) is 5.96 Å². The molecule has 4 rings (SSSR count). The van der Waals surface area contributed by atoms with Crippen LogP contribution in [0.5, 0.6) is 5.75 Å². The summed E-state index contributed by atoms with van der Waals surface area (Å²) in [4.78, 5) is 17.2. The van der Waals surface area contributed by atoms with Gasteiger partial charge in [0, 0.05) is 37.6 Å². The normalized spacial score (nSPS) is 14.7. The van der Waals surface area contributed by atoms with Crippen molar-refractivity contribution in [1.82, 2.24) is 14.5 Å². The molecule has 0 bridgehead atoms. The smallest absolute Gasteiger partial charge is 0.326 e. The zero-order chi connectivity index (χ0) is 21.3. The molecule has 30 heavy (non-hydrogen) atoms. The molecule has 2 heterocycles. The van der Waals surface area contributed by atoms with E-state index in [0.717, 1.165) is 29.4 Å². The lowest BCUT2D eigenvalue weighted by molar-refractivity contribution is 0.130. The summed E-state index contributed by atoms with van der Waals surface area (Å²) in [5.74, 6) is 0.827. The molecule has 0 aliphatic carbocycles. The molecule has 1 saturated heterocycles. The lowest BCUT2D eigenvalue weighted by Gasteiger charge is -2.32. The van der Waals surface area contributed by atoms with Gasteiger partial charge in [-0.15, -0.1) is 0 Å². The maximum Gasteiger partial charge on any atom is 0.326 e. The van der Waals surface area contributed by atoms with Crippen LogP contribution in [-0.4, -0.2) is 45.4 Å². The number of nitrogen functional groups attached to an aromatic ring is 1. The Morgan fingerprint density at radius 1 is 1.10 bits per heavy atom. The Morgan fingerprint density at radius 2 is 1.80 bits per heavy atom. The monoisotopic (exact) mass is 407 g/mol. The van der Waals surface area contributed by atoms with E-state index in [0.29, 0.717) is 30.9 Å². The van der Waals surface area contributed by atoms with E-state index in [1.54, 1.807) is 16.7 Å². The van der Waals surface area contributed by atoms with E-state index in [1.165, 1.54) is 0 Å². The Hall–Kier alpha value is -3.75. The third-order valence-electron chi connectivity index (χ3n) is 5.44. The summed E-state index contributed by atoms with van der Waals surface area (Å²) in [5, 5.41) is 15.0. The van der Waals surface area contributed by atoms with Crippen LogP contribution in [0.15, 0.2) is 47.3 Å². The molecule has 3 aromatic rings. The van der Waals surface area contributed by atoms with Crippen LogP contribution in [0.2, 0.25) is 0 Å². The molecular weight excluding hydrogens is 382 g/mol. The van der Waals surface area contributed by atoms with Gasteiger partial charge in [-0.2, -0.15) is 0 Å². The van der Waals surface area contributed by atoms with Crippen molar-refractivity contribution in [3.05, 3.63) is 64.1 Å². The summed E-state index contributed by atoms with van der Waals surface area (Å²) >= 11 is 0. The van der Waals surface area contributed by atoms with E-state index >= 15 is 0 Å². The number of aromatic amines is 1. The van der Waals surface area contributed by atoms with Crippen LogP contribution in [0.25, 0.3) is 11.0 Å². The number of hydrogen-bond donors (Lipinski definition) is 5. The van der Waals surface area contributed by atoms with Gasteiger partial charge in [-0.1, -0.05) is 24.3 Å². The molecule has 156 valence electrons. The van der Waals surface area contributed by atoms with E-state index in [2.05, 4.69) is 4.98 Å². The second-order valence-electron chi connectivity index (χ2n) is 7.50. The molecule has 1 fully saturated rings. The molecule has 0 unspecified atom stereocenters. The predicted molar refractivity (Wildman–Crippen MR) is 116 cm³/mol. The summed E-state index contributed by atoms with van der Waals surface area (Å²) in [5.41, 5.74) is 14.0. The number of ether oxygens (including phenoxy) is 1. The van der Waals surface area contributed by atoms with Gasteiger partial charge < -0.3 is 26.1 Å². The van der Waals surface area contributed by atoms with Crippen molar-refractivity contribution < 1.29 is 4.74 Å². The number of hydrogen-bond acceptors (Lipinski definition) is 4. The lowest BCUT2D eigenvalue weighted by Crippen LogP contribution is -2.44. The number of rotatable bonds is 5. The number of nitrogens with zero attached hydrogens (tertiary/aromatic N) is 2. The summed E-state index contributed by atoms with van der Waals surface area (Å²) in [6.45, 7) is 1.80. The van der Waals surface area contributed by atoms with Gasteiger partial charge in [-0.05, 0) is 17.7 Å². The first-order chi connectivity index (χ1) is 14.4.